The first-order valence-electron chi connectivity index (χ1n) is 6.22. The third-order valence-corrected chi connectivity index (χ3v) is 5.42. The second kappa shape index (κ2) is 6.13. The average Bonchev–Trinajstić information content (AvgIpc) is 2.37. The van der Waals surface area contributed by atoms with Gasteiger partial charge >= 0.3 is 0 Å². The molecule has 0 unspecified atom stereocenters. The normalized spacial score (nSPS) is 19.5. The summed E-state index contributed by atoms with van der Waals surface area (Å²) in [7, 11) is -3.33. The van der Waals surface area contributed by atoms with Crippen LogP contribution in [-0.2, 0) is 14.8 Å². The van der Waals surface area contributed by atoms with E-state index >= 15 is 0 Å². The van der Waals surface area contributed by atoms with Gasteiger partial charge < -0.3 is 9.84 Å². The maximum atomic E-state index is 12.0. The van der Waals surface area contributed by atoms with Crippen LogP contribution in [0.3, 0.4) is 0 Å². The van der Waals surface area contributed by atoms with Gasteiger partial charge in [-0.15, -0.1) is 0 Å². The van der Waals surface area contributed by atoms with Crippen molar-refractivity contribution in [3.8, 4) is 0 Å². The first kappa shape index (κ1) is 14.9. The molecule has 0 amide bonds. The molecule has 0 aliphatic carbocycles. The van der Waals surface area contributed by atoms with E-state index < -0.39 is 15.6 Å². The molecule has 2 N–H and O–H groups in total. The van der Waals surface area contributed by atoms with Crippen molar-refractivity contribution >= 4 is 10.0 Å². The molecular weight excluding hydrogens is 242 g/mol. The van der Waals surface area contributed by atoms with Gasteiger partial charge in [-0.25, -0.2) is 13.1 Å². The molecule has 0 saturated carbocycles. The molecule has 102 valence electrons. The summed E-state index contributed by atoms with van der Waals surface area (Å²) in [6.07, 6.45) is 2.15. The van der Waals surface area contributed by atoms with Gasteiger partial charge in [0.1, 0.15) is 0 Å². The van der Waals surface area contributed by atoms with E-state index in [0.717, 1.165) is 0 Å². The van der Waals surface area contributed by atoms with Crippen LogP contribution >= 0.6 is 0 Å². The zero-order chi connectivity index (χ0) is 12.9. The predicted octanol–water partition coefficient (Wildman–Crippen LogP) is 0.636. The van der Waals surface area contributed by atoms with Gasteiger partial charge in [0.05, 0.1) is 10.9 Å². The van der Waals surface area contributed by atoms with Gasteiger partial charge in [-0.05, 0) is 25.7 Å². The van der Waals surface area contributed by atoms with E-state index in [1.807, 2.05) is 13.8 Å². The van der Waals surface area contributed by atoms with Gasteiger partial charge in [-0.3, -0.25) is 0 Å². The van der Waals surface area contributed by atoms with Crippen LogP contribution in [0.5, 0.6) is 0 Å². The molecule has 0 aromatic carbocycles. The highest BCUT2D eigenvalue weighted by Crippen LogP contribution is 2.17. The standard InChI is InChI=1S/C11H23NO4S/c1-3-11(13,4-2)9-12-17(14,15)10-5-7-16-8-6-10/h10,12-13H,3-9H2,1-2H3. The van der Waals surface area contributed by atoms with Crippen molar-refractivity contribution in [1.29, 1.82) is 0 Å². The van der Waals surface area contributed by atoms with Crippen molar-refractivity contribution < 1.29 is 18.3 Å². The lowest BCUT2D eigenvalue weighted by molar-refractivity contribution is 0.0374. The summed E-state index contributed by atoms with van der Waals surface area (Å²) < 4.78 is 31.7. The van der Waals surface area contributed by atoms with Gasteiger partial charge in [-0.1, -0.05) is 13.8 Å². The molecule has 0 spiro atoms. The van der Waals surface area contributed by atoms with Gasteiger partial charge in [0, 0.05) is 19.8 Å². The van der Waals surface area contributed by atoms with Gasteiger partial charge in [0.2, 0.25) is 10.0 Å². The van der Waals surface area contributed by atoms with Gasteiger partial charge in [-0.2, -0.15) is 0 Å². The van der Waals surface area contributed by atoms with Crippen LogP contribution < -0.4 is 4.72 Å². The van der Waals surface area contributed by atoms with Crippen molar-refractivity contribution in [2.24, 2.45) is 0 Å². The summed E-state index contributed by atoms with van der Waals surface area (Å²) >= 11 is 0. The quantitative estimate of drug-likeness (QED) is 0.739. The van der Waals surface area contributed by atoms with Crippen molar-refractivity contribution in [1.82, 2.24) is 4.72 Å². The summed E-state index contributed by atoms with van der Waals surface area (Å²) in [5.41, 5.74) is -0.932. The first-order chi connectivity index (χ1) is 7.93. The zero-order valence-corrected chi connectivity index (χ0v) is 11.4. The fourth-order valence-electron chi connectivity index (χ4n) is 1.84. The number of rotatable bonds is 6. The molecule has 0 aromatic rings. The molecule has 1 aliphatic heterocycles. The molecule has 1 fully saturated rings. The molecule has 5 nitrogen and oxygen atoms in total. The Kier molecular flexibility index (Phi) is 5.37. The zero-order valence-electron chi connectivity index (χ0n) is 10.6. The Morgan fingerprint density at radius 2 is 1.82 bits per heavy atom. The molecule has 0 bridgehead atoms. The number of aliphatic hydroxyl groups is 1. The summed E-state index contributed by atoms with van der Waals surface area (Å²) in [6.45, 7) is 4.80. The summed E-state index contributed by atoms with van der Waals surface area (Å²) in [5.74, 6) is 0. The van der Waals surface area contributed by atoms with E-state index in [9.17, 15) is 13.5 Å². The van der Waals surface area contributed by atoms with Crippen molar-refractivity contribution in [2.45, 2.75) is 50.4 Å². The lowest BCUT2D eigenvalue weighted by Crippen LogP contribution is -2.46. The minimum atomic E-state index is -3.33. The maximum Gasteiger partial charge on any atom is 0.214 e. The van der Waals surface area contributed by atoms with Crippen LogP contribution in [0.1, 0.15) is 39.5 Å². The van der Waals surface area contributed by atoms with Crippen LogP contribution in [0.4, 0.5) is 0 Å². The highest BCUT2D eigenvalue weighted by atomic mass is 32.2. The Bertz CT molecular complexity index is 318. The number of ether oxygens (including phenoxy) is 1. The highest BCUT2D eigenvalue weighted by molar-refractivity contribution is 7.90. The summed E-state index contributed by atoms with van der Waals surface area (Å²) in [6, 6.07) is 0. The molecular formula is C11H23NO4S. The molecule has 1 aliphatic rings. The number of nitrogens with one attached hydrogen (secondary N) is 1. The van der Waals surface area contributed by atoms with E-state index in [1.54, 1.807) is 0 Å². The van der Waals surface area contributed by atoms with E-state index in [0.29, 0.717) is 38.9 Å². The Morgan fingerprint density at radius 3 is 2.29 bits per heavy atom. The van der Waals surface area contributed by atoms with E-state index in [2.05, 4.69) is 4.72 Å². The minimum Gasteiger partial charge on any atom is -0.389 e. The van der Waals surface area contributed by atoms with E-state index in [1.165, 1.54) is 0 Å². The molecule has 1 rings (SSSR count). The monoisotopic (exact) mass is 265 g/mol. The summed E-state index contributed by atoms with van der Waals surface area (Å²) in [5, 5.41) is 9.66. The van der Waals surface area contributed by atoms with Gasteiger partial charge in [0.15, 0.2) is 0 Å². The fraction of sp³-hybridized carbons (Fsp3) is 1.00. The summed E-state index contributed by atoms with van der Waals surface area (Å²) in [4.78, 5) is 0. The van der Waals surface area contributed by atoms with Crippen LogP contribution in [0, 0.1) is 0 Å². The third kappa shape index (κ3) is 4.21. The lowest BCUT2D eigenvalue weighted by atomic mass is 9.98. The molecule has 6 heteroatoms. The second-order valence-corrected chi connectivity index (χ2v) is 6.65. The number of hydrogen-bond acceptors (Lipinski definition) is 4. The van der Waals surface area contributed by atoms with Crippen LogP contribution in [0.2, 0.25) is 0 Å². The van der Waals surface area contributed by atoms with Crippen LogP contribution in [0.25, 0.3) is 0 Å². The number of hydrogen-bond donors (Lipinski definition) is 2. The molecule has 0 aromatic heterocycles. The highest BCUT2D eigenvalue weighted by Gasteiger charge is 2.30. The largest absolute Gasteiger partial charge is 0.389 e. The molecule has 1 saturated heterocycles. The predicted molar refractivity (Wildman–Crippen MR) is 66.3 cm³/mol. The van der Waals surface area contributed by atoms with Crippen molar-refractivity contribution in [2.75, 3.05) is 19.8 Å². The van der Waals surface area contributed by atoms with Crippen LogP contribution in [-0.4, -0.2) is 44.1 Å². The molecule has 0 atom stereocenters. The van der Waals surface area contributed by atoms with Crippen LogP contribution in [0.15, 0.2) is 0 Å². The Hall–Kier alpha value is -0.170. The lowest BCUT2D eigenvalue weighted by Gasteiger charge is -2.28. The molecule has 0 radical (unpaired) electrons. The van der Waals surface area contributed by atoms with E-state index in [-0.39, 0.29) is 11.8 Å². The number of sulfonamides is 1. The smallest absolute Gasteiger partial charge is 0.214 e. The third-order valence-electron chi connectivity index (χ3n) is 3.53. The average molecular weight is 265 g/mol. The Balaban J connectivity index is 2.54. The minimum absolute atomic E-state index is 0.0969. The fourth-order valence-corrected chi connectivity index (χ4v) is 3.36. The molecule has 1 heterocycles. The van der Waals surface area contributed by atoms with Gasteiger partial charge in [0.25, 0.3) is 0 Å². The molecule has 17 heavy (non-hydrogen) atoms. The maximum absolute atomic E-state index is 12.0. The van der Waals surface area contributed by atoms with Crippen molar-refractivity contribution in [3.05, 3.63) is 0 Å². The topological polar surface area (TPSA) is 75.6 Å². The second-order valence-electron chi connectivity index (χ2n) is 4.61. The Morgan fingerprint density at radius 1 is 1.29 bits per heavy atom. The Labute approximate surface area is 104 Å². The van der Waals surface area contributed by atoms with Crippen molar-refractivity contribution in [3.63, 3.8) is 0 Å². The van der Waals surface area contributed by atoms with E-state index in [4.69, 9.17) is 4.74 Å². The SMILES string of the molecule is CCC(O)(CC)CNS(=O)(=O)C1CCOCC1. The first-order valence-corrected chi connectivity index (χ1v) is 7.77.